The number of pyridine rings is 1. The Kier molecular flexibility index (Phi) is 5.61. The maximum atomic E-state index is 11.1. The number of nitrogens with one attached hydrogen (secondary N) is 1. The highest BCUT2D eigenvalue weighted by Gasteiger charge is 2.09. The van der Waals surface area contributed by atoms with Crippen LogP contribution in [-0.4, -0.2) is 39.6 Å². The molecule has 0 atom stereocenters. The van der Waals surface area contributed by atoms with E-state index in [-0.39, 0.29) is 5.56 Å². The van der Waals surface area contributed by atoms with Crippen molar-refractivity contribution in [3.05, 3.63) is 71.8 Å². The van der Waals surface area contributed by atoms with Gasteiger partial charge in [0.2, 0.25) is 0 Å². The molecule has 0 aliphatic rings. The number of aromatic nitrogens is 3. The molecule has 0 amide bonds. The largest absolute Gasteiger partial charge is 0.478 e. The number of carboxylic acid groups (broad SMARTS) is 1. The second-order valence-electron chi connectivity index (χ2n) is 6.20. The molecular weight excluding hydrogens is 342 g/mol. The zero-order valence-electron chi connectivity index (χ0n) is 15.3. The Morgan fingerprint density at radius 2 is 1.93 bits per heavy atom. The number of carbonyl (C=O) groups is 1. The third kappa shape index (κ3) is 5.01. The van der Waals surface area contributed by atoms with Crippen molar-refractivity contribution >= 4 is 23.3 Å². The highest BCUT2D eigenvalue weighted by Crippen LogP contribution is 2.20. The minimum atomic E-state index is -0.964. The summed E-state index contributed by atoms with van der Waals surface area (Å²) >= 11 is 0. The molecule has 0 bridgehead atoms. The molecule has 1 aromatic carbocycles. The van der Waals surface area contributed by atoms with E-state index in [9.17, 15) is 4.79 Å². The van der Waals surface area contributed by atoms with Crippen molar-refractivity contribution in [1.82, 2.24) is 15.0 Å². The van der Waals surface area contributed by atoms with E-state index in [1.165, 1.54) is 5.56 Å². The molecule has 2 aromatic heterocycles. The normalized spacial score (nSPS) is 10.4. The number of carboxylic acids is 1. The third-order valence-electron chi connectivity index (χ3n) is 4.08. The van der Waals surface area contributed by atoms with E-state index in [0.29, 0.717) is 17.3 Å². The summed E-state index contributed by atoms with van der Waals surface area (Å²) in [7, 11) is 1.98. The summed E-state index contributed by atoms with van der Waals surface area (Å²) in [5, 5.41) is 12.3. The predicted octanol–water partition coefficient (Wildman–Crippen LogP) is 3.30. The van der Waals surface area contributed by atoms with Crippen LogP contribution in [0.15, 0.2) is 54.9 Å². The maximum Gasteiger partial charge on any atom is 0.335 e. The van der Waals surface area contributed by atoms with Crippen LogP contribution in [0, 0.1) is 6.92 Å². The molecule has 0 saturated heterocycles. The number of benzene rings is 1. The van der Waals surface area contributed by atoms with Crippen molar-refractivity contribution < 1.29 is 9.90 Å². The average molecular weight is 363 g/mol. The lowest BCUT2D eigenvalue weighted by atomic mass is 10.2. The molecule has 0 spiro atoms. The number of nitrogens with zero attached hydrogens (tertiary/aromatic N) is 4. The van der Waals surface area contributed by atoms with Crippen LogP contribution in [-0.2, 0) is 6.42 Å². The molecular formula is C20H21N5O2. The van der Waals surface area contributed by atoms with Gasteiger partial charge in [-0.1, -0.05) is 6.07 Å². The lowest BCUT2D eigenvalue weighted by Gasteiger charge is -2.19. The lowest BCUT2D eigenvalue weighted by Crippen LogP contribution is -2.22. The molecule has 0 fully saturated rings. The molecule has 7 nitrogen and oxygen atoms in total. The average Bonchev–Trinajstić information content (AvgIpc) is 2.66. The van der Waals surface area contributed by atoms with Gasteiger partial charge in [-0.3, -0.25) is 4.98 Å². The standard InChI is InChI=1S/C20H21N5O2/c1-14-22-18(24-17-5-3-4-16(12-17)20(26)27)13-19(23-14)25(2)11-8-15-6-9-21-10-7-15/h3-7,9-10,12-13H,8,11H2,1-2H3,(H,26,27)(H,22,23,24). The van der Waals surface area contributed by atoms with Crippen molar-refractivity contribution in [3.8, 4) is 0 Å². The lowest BCUT2D eigenvalue weighted by molar-refractivity contribution is 0.0697. The summed E-state index contributed by atoms with van der Waals surface area (Å²) in [6.07, 6.45) is 4.46. The SMILES string of the molecule is Cc1nc(Nc2cccc(C(=O)O)c2)cc(N(C)CCc2ccncc2)n1. The van der Waals surface area contributed by atoms with Gasteiger partial charge in [-0.05, 0) is 49.2 Å². The van der Waals surface area contributed by atoms with Crippen LogP contribution in [0.3, 0.4) is 0 Å². The first-order chi connectivity index (χ1) is 13.0. The number of anilines is 3. The topological polar surface area (TPSA) is 91.2 Å². The fraction of sp³-hybridized carbons (Fsp3) is 0.200. The Balaban J connectivity index is 1.73. The van der Waals surface area contributed by atoms with Crippen LogP contribution in [0.4, 0.5) is 17.3 Å². The van der Waals surface area contributed by atoms with Crippen molar-refractivity contribution in [2.75, 3.05) is 23.8 Å². The second-order valence-corrected chi connectivity index (χ2v) is 6.20. The molecule has 0 aliphatic carbocycles. The van der Waals surface area contributed by atoms with Crippen LogP contribution in [0.2, 0.25) is 0 Å². The Hall–Kier alpha value is -3.48. The zero-order chi connectivity index (χ0) is 19.2. The Morgan fingerprint density at radius 1 is 1.15 bits per heavy atom. The van der Waals surface area contributed by atoms with E-state index >= 15 is 0 Å². The first-order valence-corrected chi connectivity index (χ1v) is 8.57. The minimum Gasteiger partial charge on any atom is -0.478 e. The summed E-state index contributed by atoms with van der Waals surface area (Å²) in [5.74, 6) is 1.10. The van der Waals surface area contributed by atoms with Crippen LogP contribution in [0.1, 0.15) is 21.7 Å². The van der Waals surface area contributed by atoms with Gasteiger partial charge in [0.25, 0.3) is 0 Å². The first kappa shape index (κ1) is 18.3. The van der Waals surface area contributed by atoms with Gasteiger partial charge < -0.3 is 15.3 Å². The molecule has 3 rings (SSSR count). The van der Waals surface area contributed by atoms with E-state index < -0.39 is 5.97 Å². The summed E-state index contributed by atoms with van der Waals surface area (Å²) in [5.41, 5.74) is 2.10. The number of aryl methyl sites for hydroxylation is 1. The monoisotopic (exact) mass is 363 g/mol. The van der Waals surface area contributed by atoms with Crippen LogP contribution in [0.5, 0.6) is 0 Å². The summed E-state index contributed by atoms with van der Waals surface area (Å²) < 4.78 is 0. The van der Waals surface area contributed by atoms with E-state index in [1.54, 1.807) is 36.7 Å². The van der Waals surface area contributed by atoms with Crippen molar-refractivity contribution in [2.24, 2.45) is 0 Å². The number of rotatable bonds is 7. The predicted molar refractivity (Wildman–Crippen MR) is 105 cm³/mol. The van der Waals surface area contributed by atoms with Crippen molar-refractivity contribution in [3.63, 3.8) is 0 Å². The quantitative estimate of drug-likeness (QED) is 0.665. The Bertz CT molecular complexity index is 931. The molecule has 0 aliphatic heterocycles. The van der Waals surface area contributed by atoms with Crippen molar-refractivity contribution in [1.29, 1.82) is 0 Å². The molecule has 7 heteroatoms. The van der Waals surface area contributed by atoms with E-state index in [0.717, 1.165) is 18.8 Å². The molecule has 2 heterocycles. The molecule has 3 aromatic rings. The summed E-state index contributed by atoms with van der Waals surface area (Å²) in [6, 6.07) is 12.5. The van der Waals surface area contributed by atoms with Crippen LogP contribution < -0.4 is 10.2 Å². The van der Waals surface area contributed by atoms with Gasteiger partial charge in [0, 0.05) is 37.7 Å². The molecule has 0 unspecified atom stereocenters. The molecule has 27 heavy (non-hydrogen) atoms. The summed E-state index contributed by atoms with van der Waals surface area (Å²) in [6.45, 7) is 2.63. The zero-order valence-corrected chi connectivity index (χ0v) is 15.3. The highest BCUT2D eigenvalue weighted by atomic mass is 16.4. The molecule has 2 N–H and O–H groups in total. The Morgan fingerprint density at radius 3 is 2.67 bits per heavy atom. The van der Waals surface area contributed by atoms with Gasteiger partial charge in [-0.2, -0.15) is 0 Å². The Labute approximate surface area is 157 Å². The fourth-order valence-electron chi connectivity index (χ4n) is 2.65. The smallest absolute Gasteiger partial charge is 0.335 e. The molecule has 138 valence electrons. The molecule has 0 saturated carbocycles. The van der Waals surface area contributed by atoms with Gasteiger partial charge in [0.05, 0.1) is 5.56 Å². The van der Waals surface area contributed by atoms with Crippen molar-refractivity contribution in [2.45, 2.75) is 13.3 Å². The van der Waals surface area contributed by atoms with Crippen LogP contribution in [0.25, 0.3) is 0 Å². The van der Waals surface area contributed by atoms with Gasteiger partial charge in [0.1, 0.15) is 17.5 Å². The van der Waals surface area contributed by atoms with E-state index in [2.05, 4.69) is 25.2 Å². The van der Waals surface area contributed by atoms with Gasteiger partial charge in [0.15, 0.2) is 0 Å². The second kappa shape index (κ2) is 8.27. The van der Waals surface area contributed by atoms with E-state index in [1.807, 2.05) is 32.2 Å². The van der Waals surface area contributed by atoms with Gasteiger partial charge in [-0.25, -0.2) is 14.8 Å². The summed E-state index contributed by atoms with van der Waals surface area (Å²) in [4.78, 5) is 26.1. The third-order valence-corrected chi connectivity index (χ3v) is 4.08. The maximum absolute atomic E-state index is 11.1. The highest BCUT2D eigenvalue weighted by molar-refractivity contribution is 5.89. The van der Waals surface area contributed by atoms with Gasteiger partial charge in [-0.15, -0.1) is 0 Å². The number of aromatic carboxylic acids is 1. The van der Waals surface area contributed by atoms with Crippen LogP contribution >= 0.6 is 0 Å². The molecule has 0 radical (unpaired) electrons. The van der Waals surface area contributed by atoms with E-state index in [4.69, 9.17) is 5.11 Å². The van der Waals surface area contributed by atoms with Gasteiger partial charge >= 0.3 is 5.97 Å². The first-order valence-electron chi connectivity index (χ1n) is 8.57. The number of hydrogen-bond acceptors (Lipinski definition) is 6. The number of hydrogen-bond donors (Lipinski definition) is 2. The minimum absolute atomic E-state index is 0.223. The fourth-order valence-corrected chi connectivity index (χ4v) is 2.65. The number of likely N-dealkylation sites (N-methyl/N-ethyl adjacent to an activating group) is 1.